The van der Waals surface area contributed by atoms with Gasteiger partial charge in [0, 0.05) is 5.56 Å². The molecule has 2 rings (SSSR count). The van der Waals surface area contributed by atoms with Crippen LogP contribution in [0.3, 0.4) is 0 Å². The maximum atomic E-state index is 11.7. The summed E-state index contributed by atoms with van der Waals surface area (Å²) < 4.78 is 5.82. The van der Waals surface area contributed by atoms with Crippen molar-refractivity contribution in [3.05, 3.63) is 58.7 Å². The number of carbonyl (C=O) groups excluding carboxylic acids is 1. The molecule has 0 fully saturated rings. The van der Waals surface area contributed by atoms with Crippen molar-refractivity contribution >= 4 is 5.78 Å². The second kappa shape index (κ2) is 8.34. The lowest BCUT2D eigenvalue weighted by Gasteiger charge is -2.16. The first kappa shape index (κ1) is 18.5. The lowest BCUT2D eigenvalue weighted by Crippen LogP contribution is -2.06. The summed E-state index contributed by atoms with van der Waals surface area (Å²) in [5.41, 5.74) is 2.93. The van der Waals surface area contributed by atoms with Gasteiger partial charge in [-0.1, -0.05) is 32.0 Å². The van der Waals surface area contributed by atoms with Crippen molar-refractivity contribution in [3.8, 4) is 17.6 Å². The number of hydrogen-bond acceptors (Lipinski definition) is 4. The van der Waals surface area contributed by atoms with Crippen molar-refractivity contribution in [2.45, 2.75) is 40.2 Å². The van der Waals surface area contributed by atoms with Gasteiger partial charge in [-0.15, -0.1) is 0 Å². The molecule has 0 heterocycles. The van der Waals surface area contributed by atoms with E-state index in [-0.39, 0.29) is 11.5 Å². The van der Waals surface area contributed by atoms with Crippen LogP contribution in [0.2, 0.25) is 0 Å². The van der Waals surface area contributed by atoms with Gasteiger partial charge >= 0.3 is 0 Å². The van der Waals surface area contributed by atoms with Crippen LogP contribution in [0.1, 0.15) is 47.8 Å². The van der Waals surface area contributed by atoms with Gasteiger partial charge in [-0.05, 0) is 48.6 Å². The van der Waals surface area contributed by atoms with Crippen LogP contribution in [-0.4, -0.2) is 10.9 Å². The number of carbonyl (C=O) groups is 1. The average molecular weight is 337 g/mol. The first-order valence-corrected chi connectivity index (χ1v) is 8.35. The highest BCUT2D eigenvalue weighted by molar-refractivity contribution is 5.97. The number of phenols is 1. The molecule has 1 N–H and O–H groups in total. The predicted octanol–water partition coefficient (Wildman–Crippen LogP) is 4.44. The molecule has 4 nitrogen and oxygen atoms in total. The van der Waals surface area contributed by atoms with E-state index >= 15 is 0 Å². The van der Waals surface area contributed by atoms with Crippen LogP contribution < -0.4 is 4.74 Å². The Bertz CT molecular complexity index is 786. The fraction of sp³-hybridized carbons (Fsp3) is 0.333. The quantitative estimate of drug-likeness (QED) is 0.758. The molecule has 0 unspecified atom stereocenters. The number of ketones is 1. The van der Waals surface area contributed by atoms with Crippen LogP contribution in [-0.2, 0) is 19.4 Å². The second-order valence-corrected chi connectivity index (χ2v) is 6.52. The molecule has 25 heavy (non-hydrogen) atoms. The Balaban J connectivity index is 2.21. The molecular weight excluding hydrogens is 314 g/mol. The molecule has 0 saturated carbocycles. The molecule has 0 saturated heterocycles. The minimum absolute atomic E-state index is 0.0617. The molecule has 0 bridgehead atoms. The zero-order valence-electron chi connectivity index (χ0n) is 14.9. The Morgan fingerprint density at radius 3 is 2.44 bits per heavy atom. The first-order chi connectivity index (χ1) is 11.9. The Hall–Kier alpha value is -2.80. The summed E-state index contributed by atoms with van der Waals surface area (Å²) >= 11 is 0. The fourth-order valence-electron chi connectivity index (χ4n) is 2.69. The first-order valence-electron chi connectivity index (χ1n) is 8.35. The third kappa shape index (κ3) is 4.84. The molecule has 0 spiro atoms. The number of Topliss-reactive ketones (excluding diaryl/α,β-unsaturated/α-hetero) is 1. The number of ether oxygens (including phenoxy) is 1. The average Bonchev–Trinajstić information content (AvgIpc) is 2.56. The summed E-state index contributed by atoms with van der Waals surface area (Å²) in [7, 11) is 0. The van der Waals surface area contributed by atoms with E-state index in [2.05, 4.69) is 19.9 Å². The third-order valence-corrected chi connectivity index (χ3v) is 3.97. The molecule has 0 amide bonds. The van der Waals surface area contributed by atoms with E-state index in [4.69, 9.17) is 10.00 Å². The number of nitrogens with zero attached hydrogens (tertiary/aromatic N) is 1. The molecule has 0 aliphatic heterocycles. The molecule has 0 radical (unpaired) electrons. The van der Waals surface area contributed by atoms with E-state index < -0.39 is 0 Å². The predicted molar refractivity (Wildman–Crippen MR) is 96.7 cm³/mol. The van der Waals surface area contributed by atoms with Crippen molar-refractivity contribution in [1.82, 2.24) is 0 Å². The van der Waals surface area contributed by atoms with Gasteiger partial charge in [0.15, 0.2) is 5.78 Å². The van der Waals surface area contributed by atoms with E-state index in [1.165, 1.54) is 6.92 Å². The van der Waals surface area contributed by atoms with Crippen molar-refractivity contribution < 1.29 is 14.6 Å². The summed E-state index contributed by atoms with van der Waals surface area (Å²) in [5.74, 6) is 0.958. The van der Waals surface area contributed by atoms with E-state index in [9.17, 15) is 9.90 Å². The highest BCUT2D eigenvalue weighted by Crippen LogP contribution is 2.30. The fourth-order valence-corrected chi connectivity index (χ4v) is 2.69. The van der Waals surface area contributed by atoms with Gasteiger partial charge in [0.05, 0.1) is 18.1 Å². The number of hydrogen-bond donors (Lipinski definition) is 1. The smallest absolute Gasteiger partial charge is 0.163 e. The standard InChI is InChI=1S/C21H23NO3/c1-14(2)12-20-17(6-9-19(15(3)23)21(20)24)13-25-18-7-4-16(5-8-18)10-11-22/h4-9,14,24H,10,12-13H2,1-3H3. The van der Waals surface area contributed by atoms with Gasteiger partial charge in [0.1, 0.15) is 18.1 Å². The summed E-state index contributed by atoms with van der Waals surface area (Å²) in [4.78, 5) is 11.7. The molecular formula is C21H23NO3. The largest absolute Gasteiger partial charge is 0.507 e. The normalized spacial score (nSPS) is 10.5. The molecule has 0 atom stereocenters. The van der Waals surface area contributed by atoms with Gasteiger partial charge in [-0.3, -0.25) is 4.79 Å². The van der Waals surface area contributed by atoms with Crippen LogP contribution in [0.25, 0.3) is 0 Å². The monoisotopic (exact) mass is 337 g/mol. The van der Waals surface area contributed by atoms with E-state index in [0.29, 0.717) is 36.7 Å². The third-order valence-electron chi connectivity index (χ3n) is 3.97. The molecule has 130 valence electrons. The van der Waals surface area contributed by atoms with E-state index in [1.54, 1.807) is 6.07 Å². The maximum Gasteiger partial charge on any atom is 0.163 e. The molecule has 0 aliphatic rings. The van der Waals surface area contributed by atoms with Crippen LogP contribution in [0.15, 0.2) is 36.4 Å². The van der Waals surface area contributed by atoms with Crippen LogP contribution in [0.4, 0.5) is 0 Å². The van der Waals surface area contributed by atoms with Crippen molar-refractivity contribution in [2.75, 3.05) is 0 Å². The number of phenolic OH excluding ortho intramolecular Hbond substituents is 1. The van der Waals surface area contributed by atoms with Gasteiger partial charge < -0.3 is 9.84 Å². The van der Waals surface area contributed by atoms with Gasteiger partial charge in [-0.2, -0.15) is 5.26 Å². The van der Waals surface area contributed by atoms with E-state index in [0.717, 1.165) is 16.7 Å². The van der Waals surface area contributed by atoms with Crippen LogP contribution >= 0.6 is 0 Å². The molecule has 0 aliphatic carbocycles. The SMILES string of the molecule is CC(=O)c1ccc(COc2ccc(CC#N)cc2)c(CC(C)C)c1O. The van der Waals surface area contributed by atoms with Gasteiger partial charge in [-0.25, -0.2) is 0 Å². The molecule has 2 aromatic rings. The molecule has 0 aromatic heterocycles. The van der Waals surface area contributed by atoms with Crippen LogP contribution in [0.5, 0.6) is 11.5 Å². The van der Waals surface area contributed by atoms with Crippen molar-refractivity contribution in [2.24, 2.45) is 5.92 Å². The minimum Gasteiger partial charge on any atom is -0.507 e. The second-order valence-electron chi connectivity index (χ2n) is 6.52. The van der Waals surface area contributed by atoms with Crippen LogP contribution in [0, 0.1) is 17.2 Å². The summed E-state index contributed by atoms with van der Waals surface area (Å²) in [6.45, 7) is 5.90. The Labute approximate surface area is 148 Å². The number of aromatic hydroxyl groups is 1. The van der Waals surface area contributed by atoms with Crippen molar-refractivity contribution in [1.29, 1.82) is 5.26 Å². The number of rotatable bonds is 7. The van der Waals surface area contributed by atoms with Gasteiger partial charge in [0.2, 0.25) is 0 Å². The Morgan fingerprint density at radius 1 is 1.20 bits per heavy atom. The lowest BCUT2D eigenvalue weighted by atomic mass is 9.94. The Kier molecular flexibility index (Phi) is 6.19. The summed E-state index contributed by atoms with van der Waals surface area (Å²) in [6, 6.07) is 13.0. The Morgan fingerprint density at radius 2 is 1.88 bits per heavy atom. The number of benzene rings is 2. The summed E-state index contributed by atoms with van der Waals surface area (Å²) in [5, 5.41) is 19.2. The highest BCUT2D eigenvalue weighted by atomic mass is 16.5. The molecule has 4 heteroatoms. The lowest BCUT2D eigenvalue weighted by molar-refractivity contribution is 0.101. The number of nitriles is 1. The summed E-state index contributed by atoms with van der Waals surface area (Å²) in [6.07, 6.45) is 1.05. The van der Waals surface area contributed by atoms with Gasteiger partial charge in [0.25, 0.3) is 0 Å². The van der Waals surface area contributed by atoms with E-state index in [1.807, 2.05) is 30.3 Å². The van der Waals surface area contributed by atoms with Crippen molar-refractivity contribution in [3.63, 3.8) is 0 Å². The maximum absolute atomic E-state index is 11.7. The topological polar surface area (TPSA) is 70.3 Å². The zero-order valence-corrected chi connectivity index (χ0v) is 14.9. The minimum atomic E-state index is -0.150. The zero-order chi connectivity index (χ0) is 18.4. The molecule has 2 aromatic carbocycles. The highest BCUT2D eigenvalue weighted by Gasteiger charge is 2.16.